The Morgan fingerprint density at radius 1 is 1.46 bits per heavy atom. The molecular weight excluding hydrogens is 359 g/mol. The number of aromatic amines is 1. The van der Waals surface area contributed by atoms with Crippen LogP contribution in [-0.2, 0) is 23.7 Å². The minimum atomic E-state index is -2.85. The van der Waals surface area contributed by atoms with Crippen LogP contribution in [0, 0.1) is 0 Å². The SMILES string of the molecule is [2H]c1cn([C@@H]2O[C@](F)(COC(=O)OC(C)C)[C@H]3OC(=O)O[C@@H]23)c(=O)[nH]c1=O. The molecule has 1 aromatic heterocycles. The Morgan fingerprint density at radius 2 is 2.19 bits per heavy atom. The molecular formula is C14H15FN2O9. The summed E-state index contributed by atoms with van der Waals surface area (Å²) in [5.41, 5.74) is -1.98. The van der Waals surface area contributed by atoms with Gasteiger partial charge in [0.2, 0.25) is 6.10 Å². The molecule has 0 aliphatic carbocycles. The van der Waals surface area contributed by atoms with Crippen LogP contribution < -0.4 is 11.2 Å². The van der Waals surface area contributed by atoms with Crippen LogP contribution >= 0.6 is 0 Å². The average molecular weight is 375 g/mol. The zero-order valence-corrected chi connectivity index (χ0v) is 13.6. The lowest BCUT2D eigenvalue weighted by molar-refractivity contribution is -0.213. The number of carbonyl (C=O) groups is 2. The molecule has 3 rings (SSSR count). The molecule has 0 unspecified atom stereocenters. The fraction of sp³-hybridized carbons (Fsp3) is 0.571. The third-order valence-electron chi connectivity index (χ3n) is 3.56. The first-order valence-electron chi connectivity index (χ1n) is 8.00. The molecule has 0 amide bonds. The minimum Gasteiger partial charge on any atom is -0.432 e. The maximum Gasteiger partial charge on any atom is 0.509 e. The van der Waals surface area contributed by atoms with Crippen LogP contribution in [0.15, 0.2) is 21.8 Å². The van der Waals surface area contributed by atoms with Gasteiger partial charge >= 0.3 is 18.0 Å². The fourth-order valence-electron chi connectivity index (χ4n) is 2.54. The molecule has 2 aliphatic heterocycles. The van der Waals surface area contributed by atoms with Crippen molar-refractivity contribution in [2.75, 3.05) is 6.61 Å². The summed E-state index contributed by atoms with van der Waals surface area (Å²) in [6, 6.07) is -0.604. The number of alkyl halides is 1. The highest BCUT2D eigenvalue weighted by Gasteiger charge is 2.65. The molecule has 1 N–H and O–H groups in total. The summed E-state index contributed by atoms with van der Waals surface area (Å²) in [5.74, 6) is -2.85. The third kappa shape index (κ3) is 3.27. The van der Waals surface area contributed by atoms with Crippen molar-refractivity contribution in [3.05, 3.63) is 33.1 Å². The summed E-state index contributed by atoms with van der Waals surface area (Å²) >= 11 is 0. The van der Waals surface area contributed by atoms with E-state index in [0.29, 0.717) is 4.57 Å². The zero-order chi connectivity index (χ0) is 19.9. The van der Waals surface area contributed by atoms with E-state index in [1.54, 1.807) is 13.8 Å². The summed E-state index contributed by atoms with van der Waals surface area (Å²) in [6.45, 7) is 2.09. The lowest BCUT2D eigenvalue weighted by Crippen LogP contribution is -2.43. The number of fused-ring (bicyclic) bond motifs is 1. The molecule has 0 saturated carbocycles. The van der Waals surface area contributed by atoms with Crippen molar-refractivity contribution < 1.29 is 39.0 Å². The molecule has 0 bridgehead atoms. The molecule has 0 radical (unpaired) electrons. The van der Waals surface area contributed by atoms with Crippen molar-refractivity contribution in [3.8, 4) is 0 Å². The second kappa shape index (κ2) is 6.44. The maximum atomic E-state index is 15.2. The lowest BCUT2D eigenvalue weighted by atomic mass is 10.1. The molecule has 0 spiro atoms. The normalized spacial score (nSPS) is 30.4. The summed E-state index contributed by atoms with van der Waals surface area (Å²) in [7, 11) is 0. The molecule has 2 aliphatic rings. The molecule has 4 atom stereocenters. The van der Waals surface area contributed by atoms with E-state index >= 15 is 4.39 Å². The highest BCUT2D eigenvalue weighted by atomic mass is 19.2. The molecule has 3 heterocycles. The smallest absolute Gasteiger partial charge is 0.432 e. The van der Waals surface area contributed by atoms with Gasteiger partial charge < -0.3 is 23.7 Å². The van der Waals surface area contributed by atoms with Crippen molar-refractivity contribution in [2.24, 2.45) is 0 Å². The molecule has 142 valence electrons. The third-order valence-corrected chi connectivity index (χ3v) is 3.56. The number of carbonyl (C=O) groups excluding carboxylic acids is 2. The number of halogens is 1. The highest BCUT2D eigenvalue weighted by molar-refractivity contribution is 5.63. The van der Waals surface area contributed by atoms with E-state index in [9.17, 15) is 19.2 Å². The van der Waals surface area contributed by atoms with Gasteiger partial charge in [0.15, 0.2) is 18.9 Å². The number of hydrogen-bond donors (Lipinski definition) is 1. The predicted octanol–water partition coefficient (Wildman–Crippen LogP) is 0.197. The standard InChI is InChI=1S/C14H15FN2O9/c1-6(2)23-12(20)22-5-14(15)9-8(24-13(21)25-9)10(26-14)17-4-3-7(18)16-11(17)19/h3-4,6,8-10H,5H2,1-2H3,(H,16,18,19)/t8-,9+,10-,14-/m1/s1/i3D. The van der Waals surface area contributed by atoms with E-state index in [4.69, 9.17) is 20.3 Å². The Labute approximate surface area is 146 Å². The molecule has 2 fully saturated rings. The first-order valence-corrected chi connectivity index (χ1v) is 7.50. The van der Waals surface area contributed by atoms with Crippen molar-refractivity contribution in [3.63, 3.8) is 0 Å². The van der Waals surface area contributed by atoms with Gasteiger partial charge in [0.1, 0.15) is 0 Å². The van der Waals surface area contributed by atoms with Crippen molar-refractivity contribution in [1.29, 1.82) is 0 Å². The van der Waals surface area contributed by atoms with Gasteiger partial charge in [-0.15, -0.1) is 0 Å². The van der Waals surface area contributed by atoms with Gasteiger partial charge in [-0.05, 0) is 13.8 Å². The number of ether oxygens (including phenoxy) is 5. The van der Waals surface area contributed by atoms with Crippen LogP contribution in [-0.4, -0.2) is 52.6 Å². The average Bonchev–Trinajstić information content (AvgIpc) is 3.07. The Bertz CT molecular complexity index is 884. The number of aromatic nitrogens is 2. The van der Waals surface area contributed by atoms with Crippen LogP contribution in [0.2, 0.25) is 0 Å². The molecule has 11 nitrogen and oxygen atoms in total. The number of H-pyrrole nitrogens is 1. The molecule has 1 aromatic rings. The number of rotatable bonds is 4. The Hall–Kier alpha value is -2.89. The van der Waals surface area contributed by atoms with E-state index in [1.165, 1.54) is 0 Å². The summed E-state index contributed by atoms with van der Waals surface area (Å²) in [4.78, 5) is 48.1. The van der Waals surface area contributed by atoms with Gasteiger partial charge in [-0.1, -0.05) is 0 Å². The van der Waals surface area contributed by atoms with Gasteiger partial charge in [-0.2, -0.15) is 0 Å². The second-order valence-corrected chi connectivity index (χ2v) is 5.81. The number of nitrogens with zero attached hydrogens (tertiary/aromatic N) is 1. The topological polar surface area (TPSA) is 135 Å². The molecule has 0 aromatic carbocycles. The van der Waals surface area contributed by atoms with E-state index in [0.717, 1.165) is 6.20 Å². The zero-order valence-electron chi connectivity index (χ0n) is 14.6. The molecule has 12 heteroatoms. The molecule has 26 heavy (non-hydrogen) atoms. The summed E-state index contributed by atoms with van der Waals surface area (Å²) < 4.78 is 47.4. The highest BCUT2D eigenvalue weighted by Crippen LogP contribution is 2.44. The van der Waals surface area contributed by atoms with Crippen molar-refractivity contribution >= 4 is 12.3 Å². The van der Waals surface area contributed by atoms with Crippen molar-refractivity contribution in [2.45, 2.75) is 44.2 Å². The quantitative estimate of drug-likeness (QED) is 0.732. The van der Waals surface area contributed by atoms with Gasteiger partial charge in [0, 0.05) is 12.2 Å². The summed E-state index contributed by atoms with van der Waals surface area (Å²) in [5, 5.41) is 0. The van der Waals surface area contributed by atoms with Crippen molar-refractivity contribution in [1.82, 2.24) is 9.55 Å². The van der Waals surface area contributed by atoms with E-state index in [-0.39, 0.29) is 0 Å². The first-order chi connectivity index (χ1) is 12.6. The predicted molar refractivity (Wildman–Crippen MR) is 78.0 cm³/mol. The Balaban J connectivity index is 1.87. The van der Waals surface area contributed by atoms with E-state index in [1.807, 2.05) is 4.98 Å². The van der Waals surface area contributed by atoms with Crippen LogP contribution in [0.4, 0.5) is 14.0 Å². The maximum absolute atomic E-state index is 15.2. The summed E-state index contributed by atoms with van der Waals surface area (Å²) in [6.07, 6.45) is -6.75. The van der Waals surface area contributed by atoms with E-state index in [2.05, 4.69) is 4.74 Å². The van der Waals surface area contributed by atoms with Crippen LogP contribution in [0.3, 0.4) is 0 Å². The van der Waals surface area contributed by atoms with Crippen LogP contribution in [0.25, 0.3) is 0 Å². The molecule has 2 saturated heterocycles. The second-order valence-electron chi connectivity index (χ2n) is 5.81. The van der Waals surface area contributed by atoms with Crippen LogP contribution in [0.1, 0.15) is 21.4 Å². The van der Waals surface area contributed by atoms with Crippen LogP contribution in [0.5, 0.6) is 0 Å². The first kappa shape index (κ1) is 16.6. The Morgan fingerprint density at radius 3 is 2.88 bits per heavy atom. The van der Waals surface area contributed by atoms with E-state index < -0.39 is 66.6 Å². The number of hydrogen-bond acceptors (Lipinski definition) is 9. The van der Waals surface area contributed by atoms with Gasteiger partial charge in [0.05, 0.1) is 7.47 Å². The lowest BCUT2D eigenvalue weighted by Gasteiger charge is -2.23. The van der Waals surface area contributed by atoms with Gasteiger partial charge in [-0.3, -0.25) is 14.3 Å². The largest absolute Gasteiger partial charge is 0.509 e. The van der Waals surface area contributed by atoms with Gasteiger partial charge in [0.25, 0.3) is 11.4 Å². The number of nitrogens with one attached hydrogen (secondary N) is 1. The fourth-order valence-corrected chi connectivity index (χ4v) is 2.54. The Kier molecular flexibility index (Phi) is 4.11. The van der Waals surface area contributed by atoms with Gasteiger partial charge in [-0.25, -0.2) is 18.8 Å². The monoisotopic (exact) mass is 375 g/mol. The minimum absolute atomic E-state index is 0.513.